The zero-order valence-corrected chi connectivity index (χ0v) is 12.9. The van der Waals surface area contributed by atoms with Crippen molar-refractivity contribution in [1.82, 2.24) is 25.3 Å². The van der Waals surface area contributed by atoms with Crippen molar-refractivity contribution in [1.29, 1.82) is 0 Å². The minimum absolute atomic E-state index is 0.145. The number of methoxy groups -OCH3 is 1. The SMILES string of the molecule is COC(=O)/C=C/CCNC(=O)CN(C)c1ncnc2nc[nH]c12. The lowest BCUT2D eigenvalue weighted by Crippen LogP contribution is -2.36. The van der Waals surface area contributed by atoms with Crippen LogP contribution in [0.3, 0.4) is 0 Å². The number of rotatable bonds is 7. The number of imidazole rings is 1. The molecule has 2 N–H and O–H groups in total. The number of nitrogens with zero attached hydrogens (tertiary/aromatic N) is 4. The van der Waals surface area contributed by atoms with Gasteiger partial charge in [0, 0.05) is 19.7 Å². The number of ether oxygens (including phenoxy) is 1. The average molecular weight is 318 g/mol. The quantitative estimate of drug-likeness (QED) is 0.420. The normalized spacial score (nSPS) is 10.9. The number of fused-ring (bicyclic) bond motifs is 1. The van der Waals surface area contributed by atoms with E-state index in [-0.39, 0.29) is 12.5 Å². The molecular weight excluding hydrogens is 300 g/mol. The predicted octanol–water partition coefficient (Wildman–Crippen LogP) is 0.0246. The number of nitrogens with one attached hydrogen (secondary N) is 2. The standard InChI is InChI=1S/C14H18N6O3/c1-20(14-12-13(17-8-16-12)18-9-19-14)7-10(21)15-6-4-3-5-11(22)23-2/h3,5,8-9H,4,6-7H2,1-2H3,(H,15,21)(H,16,17,18,19)/b5-3+. The number of carbonyl (C=O) groups is 2. The van der Waals surface area contributed by atoms with Gasteiger partial charge >= 0.3 is 5.97 Å². The monoisotopic (exact) mass is 318 g/mol. The van der Waals surface area contributed by atoms with Crippen molar-refractivity contribution in [2.75, 3.05) is 32.1 Å². The molecule has 122 valence electrons. The van der Waals surface area contributed by atoms with E-state index in [2.05, 4.69) is 30.0 Å². The first-order valence-corrected chi connectivity index (χ1v) is 6.98. The predicted molar refractivity (Wildman–Crippen MR) is 83.7 cm³/mol. The number of anilines is 1. The molecule has 0 fully saturated rings. The second-order valence-corrected chi connectivity index (χ2v) is 4.72. The lowest BCUT2D eigenvalue weighted by atomic mass is 10.3. The van der Waals surface area contributed by atoms with Gasteiger partial charge in [0.1, 0.15) is 11.8 Å². The Labute approximate surface area is 132 Å². The maximum atomic E-state index is 11.9. The second-order valence-electron chi connectivity index (χ2n) is 4.72. The molecule has 2 rings (SSSR count). The molecule has 23 heavy (non-hydrogen) atoms. The number of aromatic amines is 1. The molecule has 9 nitrogen and oxygen atoms in total. The third-order valence-electron chi connectivity index (χ3n) is 3.03. The highest BCUT2D eigenvalue weighted by Gasteiger charge is 2.13. The number of hydrogen-bond acceptors (Lipinski definition) is 7. The Kier molecular flexibility index (Phi) is 5.61. The summed E-state index contributed by atoms with van der Waals surface area (Å²) >= 11 is 0. The van der Waals surface area contributed by atoms with Crippen LogP contribution in [-0.4, -0.2) is 59.1 Å². The summed E-state index contributed by atoms with van der Waals surface area (Å²) in [7, 11) is 3.08. The molecule has 0 atom stereocenters. The number of aromatic nitrogens is 4. The summed E-state index contributed by atoms with van der Waals surface area (Å²) < 4.78 is 4.47. The van der Waals surface area contributed by atoms with E-state index in [0.29, 0.717) is 29.9 Å². The van der Waals surface area contributed by atoms with Crippen LogP contribution < -0.4 is 10.2 Å². The van der Waals surface area contributed by atoms with Gasteiger partial charge in [-0.1, -0.05) is 6.08 Å². The number of amides is 1. The van der Waals surface area contributed by atoms with E-state index in [1.54, 1.807) is 18.0 Å². The van der Waals surface area contributed by atoms with Crippen LogP contribution in [0.25, 0.3) is 11.2 Å². The van der Waals surface area contributed by atoms with Crippen molar-refractivity contribution >= 4 is 28.9 Å². The van der Waals surface area contributed by atoms with E-state index in [9.17, 15) is 9.59 Å². The van der Waals surface area contributed by atoms with Gasteiger partial charge in [-0.05, 0) is 6.42 Å². The van der Waals surface area contributed by atoms with E-state index in [1.165, 1.54) is 25.8 Å². The molecule has 0 aromatic carbocycles. The van der Waals surface area contributed by atoms with Crippen LogP contribution in [0, 0.1) is 0 Å². The van der Waals surface area contributed by atoms with Crippen LogP contribution >= 0.6 is 0 Å². The van der Waals surface area contributed by atoms with Crippen LogP contribution in [0.2, 0.25) is 0 Å². The summed E-state index contributed by atoms with van der Waals surface area (Å²) in [5, 5.41) is 2.76. The minimum atomic E-state index is -0.414. The molecule has 0 aliphatic rings. The van der Waals surface area contributed by atoms with Gasteiger partial charge in [-0.15, -0.1) is 0 Å². The number of esters is 1. The highest BCUT2D eigenvalue weighted by molar-refractivity contribution is 5.87. The molecule has 0 saturated heterocycles. The molecular formula is C14H18N6O3. The third kappa shape index (κ3) is 4.50. The largest absolute Gasteiger partial charge is 0.466 e. The molecule has 0 saturated carbocycles. The van der Waals surface area contributed by atoms with Gasteiger partial charge in [0.05, 0.1) is 20.0 Å². The van der Waals surface area contributed by atoms with Gasteiger partial charge in [-0.25, -0.2) is 19.7 Å². The fourth-order valence-corrected chi connectivity index (χ4v) is 1.93. The molecule has 2 heterocycles. The molecule has 0 spiro atoms. The Morgan fingerprint density at radius 3 is 3.00 bits per heavy atom. The number of likely N-dealkylation sites (N-methyl/N-ethyl adjacent to an activating group) is 1. The van der Waals surface area contributed by atoms with Crippen LogP contribution in [0.15, 0.2) is 24.8 Å². The second kappa shape index (κ2) is 7.87. The topological polar surface area (TPSA) is 113 Å². The van der Waals surface area contributed by atoms with E-state index in [1.807, 2.05) is 0 Å². The Balaban J connectivity index is 1.82. The number of carbonyl (C=O) groups excluding carboxylic acids is 2. The Bertz CT molecular complexity index is 711. The molecule has 9 heteroatoms. The maximum Gasteiger partial charge on any atom is 0.330 e. The van der Waals surface area contributed by atoms with Crippen LogP contribution in [0.1, 0.15) is 6.42 Å². The zero-order valence-electron chi connectivity index (χ0n) is 12.9. The van der Waals surface area contributed by atoms with Crippen molar-refractivity contribution < 1.29 is 14.3 Å². The smallest absolute Gasteiger partial charge is 0.330 e. The highest BCUT2D eigenvalue weighted by Crippen LogP contribution is 2.17. The number of hydrogen-bond donors (Lipinski definition) is 2. The molecule has 2 aromatic rings. The lowest BCUT2D eigenvalue weighted by molar-refractivity contribution is -0.134. The van der Waals surface area contributed by atoms with E-state index in [4.69, 9.17) is 0 Å². The first-order chi connectivity index (χ1) is 11.1. The summed E-state index contributed by atoms with van der Waals surface area (Å²) in [4.78, 5) is 39.7. The summed E-state index contributed by atoms with van der Waals surface area (Å²) in [6.45, 7) is 0.579. The van der Waals surface area contributed by atoms with Gasteiger partial charge in [-0.2, -0.15) is 0 Å². The molecule has 2 aromatic heterocycles. The van der Waals surface area contributed by atoms with Crippen molar-refractivity contribution in [2.24, 2.45) is 0 Å². The van der Waals surface area contributed by atoms with E-state index >= 15 is 0 Å². The third-order valence-corrected chi connectivity index (χ3v) is 3.03. The summed E-state index contributed by atoms with van der Waals surface area (Å²) in [6, 6.07) is 0. The van der Waals surface area contributed by atoms with Crippen LogP contribution in [0.4, 0.5) is 5.82 Å². The first-order valence-electron chi connectivity index (χ1n) is 6.98. The zero-order chi connectivity index (χ0) is 16.7. The molecule has 0 radical (unpaired) electrons. The Morgan fingerprint density at radius 2 is 2.22 bits per heavy atom. The van der Waals surface area contributed by atoms with Gasteiger partial charge in [-0.3, -0.25) is 4.79 Å². The van der Waals surface area contributed by atoms with E-state index < -0.39 is 5.97 Å². The van der Waals surface area contributed by atoms with Crippen molar-refractivity contribution in [3.63, 3.8) is 0 Å². The molecule has 0 unspecified atom stereocenters. The Morgan fingerprint density at radius 1 is 1.39 bits per heavy atom. The van der Waals surface area contributed by atoms with Crippen LogP contribution in [-0.2, 0) is 14.3 Å². The van der Waals surface area contributed by atoms with Gasteiger partial charge in [0.15, 0.2) is 11.5 Å². The van der Waals surface area contributed by atoms with Crippen molar-refractivity contribution in [3.8, 4) is 0 Å². The highest BCUT2D eigenvalue weighted by atomic mass is 16.5. The lowest BCUT2D eigenvalue weighted by Gasteiger charge is -2.17. The van der Waals surface area contributed by atoms with Crippen LogP contribution in [0.5, 0.6) is 0 Å². The van der Waals surface area contributed by atoms with E-state index in [0.717, 1.165) is 0 Å². The summed E-state index contributed by atoms with van der Waals surface area (Å²) in [5.41, 5.74) is 1.24. The fourth-order valence-electron chi connectivity index (χ4n) is 1.93. The first kappa shape index (κ1) is 16.4. The summed E-state index contributed by atoms with van der Waals surface area (Å²) in [6.07, 6.45) is 6.46. The summed E-state index contributed by atoms with van der Waals surface area (Å²) in [5.74, 6) is 0.0434. The van der Waals surface area contributed by atoms with Crippen molar-refractivity contribution in [2.45, 2.75) is 6.42 Å². The van der Waals surface area contributed by atoms with Gasteiger partial charge in [0.25, 0.3) is 0 Å². The Hall–Kier alpha value is -2.97. The molecule has 0 aliphatic carbocycles. The number of H-pyrrole nitrogens is 1. The molecule has 0 bridgehead atoms. The maximum absolute atomic E-state index is 11.9. The van der Waals surface area contributed by atoms with Gasteiger partial charge < -0.3 is 19.9 Å². The molecule has 0 aliphatic heterocycles. The average Bonchev–Trinajstić information content (AvgIpc) is 3.02. The van der Waals surface area contributed by atoms with Gasteiger partial charge in [0.2, 0.25) is 5.91 Å². The minimum Gasteiger partial charge on any atom is -0.466 e. The molecule has 1 amide bonds. The van der Waals surface area contributed by atoms with Crippen molar-refractivity contribution in [3.05, 3.63) is 24.8 Å². The fraction of sp³-hybridized carbons (Fsp3) is 0.357.